The van der Waals surface area contributed by atoms with Gasteiger partial charge in [-0.3, -0.25) is 4.79 Å². The van der Waals surface area contributed by atoms with Crippen molar-refractivity contribution in [3.63, 3.8) is 0 Å². The van der Waals surface area contributed by atoms with E-state index in [-0.39, 0.29) is 22.9 Å². The third kappa shape index (κ3) is 1.95. The van der Waals surface area contributed by atoms with E-state index in [0.29, 0.717) is 17.5 Å². The van der Waals surface area contributed by atoms with E-state index in [4.69, 9.17) is 0 Å². The molecule has 1 atom stereocenters. The topological polar surface area (TPSA) is 59.3 Å². The number of hydrogen-bond acceptors (Lipinski definition) is 2. The second kappa shape index (κ2) is 4.93. The largest absolute Gasteiger partial charge is 0.477 e. The zero-order chi connectivity index (χ0) is 16.2. The molecule has 1 aliphatic heterocycles. The van der Waals surface area contributed by atoms with Crippen LogP contribution >= 0.6 is 0 Å². The molecular formula is C17H18FNO3. The lowest BCUT2D eigenvalue weighted by Crippen LogP contribution is -2.25. The average molecular weight is 303 g/mol. The second-order valence-electron chi connectivity index (χ2n) is 6.27. The van der Waals surface area contributed by atoms with Crippen LogP contribution in [0, 0.1) is 5.82 Å². The van der Waals surface area contributed by atoms with Crippen molar-refractivity contribution < 1.29 is 14.3 Å². The normalized spacial score (nSPS) is 17.2. The Hall–Kier alpha value is -2.17. The fraction of sp³-hybridized carbons (Fsp3) is 0.412. The number of carboxylic acid groups (broad SMARTS) is 1. The van der Waals surface area contributed by atoms with Crippen molar-refractivity contribution in [1.29, 1.82) is 0 Å². The van der Waals surface area contributed by atoms with Crippen molar-refractivity contribution in [3.8, 4) is 0 Å². The maximum absolute atomic E-state index is 14.5. The van der Waals surface area contributed by atoms with Crippen molar-refractivity contribution >= 4 is 16.9 Å². The van der Waals surface area contributed by atoms with Gasteiger partial charge in [0, 0.05) is 17.6 Å². The quantitative estimate of drug-likeness (QED) is 0.924. The number of hydrogen-bond donors (Lipinski definition) is 1. The van der Waals surface area contributed by atoms with E-state index < -0.39 is 17.2 Å². The van der Waals surface area contributed by atoms with E-state index in [9.17, 15) is 19.1 Å². The number of carboxylic acids is 1. The molecule has 0 spiro atoms. The van der Waals surface area contributed by atoms with E-state index in [2.05, 4.69) is 0 Å². The summed E-state index contributed by atoms with van der Waals surface area (Å²) in [4.78, 5) is 23.7. The van der Waals surface area contributed by atoms with Crippen molar-refractivity contribution in [2.45, 2.75) is 45.6 Å². The maximum atomic E-state index is 14.5. The highest BCUT2D eigenvalue weighted by atomic mass is 19.1. The van der Waals surface area contributed by atoms with Gasteiger partial charge in [-0.1, -0.05) is 13.8 Å². The first kappa shape index (κ1) is 14.8. The highest BCUT2D eigenvalue weighted by molar-refractivity contribution is 5.94. The van der Waals surface area contributed by atoms with Crippen LogP contribution in [0.2, 0.25) is 0 Å². The lowest BCUT2D eigenvalue weighted by Gasteiger charge is -2.29. The molecule has 0 radical (unpaired) electrons. The summed E-state index contributed by atoms with van der Waals surface area (Å²) in [5.74, 6) is -1.68. The Kier molecular flexibility index (Phi) is 3.31. The summed E-state index contributed by atoms with van der Waals surface area (Å²) in [7, 11) is 0. The van der Waals surface area contributed by atoms with Crippen LogP contribution in [-0.2, 0) is 6.42 Å². The Labute approximate surface area is 127 Å². The minimum Gasteiger partial charge on any atom is -0.477 e. The summed E-state index contributed by atoms with van der Waals surface area (Å²) in [5, 5.41) is 9.39. The molecule has 3 rings (SSSR count). The third-order valence-electron chi connectivity index (χ3n) is 4.50. The van der Waals surface area contributed by atoms with Crippen molar-refractivity contribution in [1.82, 2.24) is 4.57 Å². The minimum atomic E-state index is -1.27. The number of aryl methyl sites for hydroxylation is 1. The Bertz CT molecular complexity index is 851. The Morgan fingerprint density at radius 3 is 2.73 bits per heavy atom. The molecule has 5 heteroatoms. The summed E-state index contributed by atoms with van der Waals surface area (Å²) in [6.07, 6.45) is 2.91. The number of pyridine rings is 1. The van der Waals surface area contributed by atoms with Gasteiger partial charge in [0.1, 0.15) is 11.4 Å². The Morgan fingerprint density at radius 2 is 2.14 bits per heavy atom. The van der Waals surface area contributed by atoms with E-state index in [1.165, 1.54) is 12.3 Å². The van der Waals surface area contributed by atoms with E-state index in [1.54, 1.807) is 0 Å². The summed E-state index contributed by atoms with van der Waals surface area (Å²) in [5.41, 5.74) is 1.26. The molecule has 0 aliphatic carbocycles. The predicted octanol–water partition coefficient (Wildman–Crippen LogP) is 3.47. The van der Waals surface area contributed by atoms with Crippen LogP contribution < -0.4 is 5.43 Å². The van der Waals surface area contributed by atoms with Gasteiger partial charge in [0.05, 0.1) is 5.52 Å². The number of carbonyl (C=O) groups is 1. The van der Waals surface area contributed by atoms with Gasteiger partial charge in [-0.2, -0.15) is 0 Å². The van der Waals surface area contributed by atoms with Gasteiger partial charge >= 0.3 is 5.97 Å². The highest BCUT2D eigenvalue weighted by Crippen LogP contribution is 2.36. The molecule has 22 heavy (non-hydrogen) atoms. The summed E-state index contributed by atoms with van der Waals surface area (Å²) in [6, 6.07) is 1.29. The Balaban J connectivity index is 2.54. The third-order valence-corrected chi connectivity index (χ3v) is 4.50. The standard InChI is InChI=1S/C17H18FNO3/c1-8(2)14-10-5-4-9(3)19-7-12(17(21)22)16(20)11(15(10)19)6-13(14)18/h6-9H,4-5H2,1-3H3,(H,21,22). The number of aromatic carboxylic acids is 1. The van der Waals surface area contributed by atoms with Crippen molar-refractivity contribution in [3.05, 3.63) is 45.0 Å². The van der Waals surface area contributed by atoms with Crippen LogP contribution in [0.5, 0.6) is 0 Å². The molecule has 0 saturated carbocycles. The van der Waals surface area contributed by atoms with Gasteiger partial charge in [-0.15, -0.1) is 0 Å². The zero-order valence-electron chi connectivity index (χ0n) is 12.8. The molecule has 1 aliphatic rings. The number of rotatable bonds is 2. The zero-order valence-corrected chi connectivity index (χ0v) is 12.8. The van der Waals surface area contributed by atoms with Crippen LogP contribution in [0.25, 0.3) is 10.9 Å². The highest BCUT2D eigenvalue weighted by Gasteiger charge is 2.27. The van der Waals surface area contributed by atoms with E-state index >= 15 is 0 Å². The lowest BCUT2D eigenvalue weighted by atomic mass is 9.87. The summed E-state index contributed by atoms with van der Waals surface area (Å²) in [6.45, 7) is 5.83. The molecule has 4 nitrogen and oxygen atoms in total. The van der Waals surface area contributed by atoms with Crippen LogP contribution in [0.3, 0.4) is 0 Å². The van der Waals surface area contributed by atoms with Gasteiger partial charge in [0.15, 0.2) is 0 Å². The Morgan fingerprint density at radius 1 is 1.45 bits per heavy atom. The average Bonchev–Trinajstić information content (AvgIpc) is 2.43. The molecule has 2 aromatic rings. The summed E-state index contributed by atoms with van der Waals surface area (Å²) < 4.78 is 16.3. The number of nitrogens with zero attached hydrogens (tertiary/aromatic N) is 1. The van der Waals surface area contributed by atoms with Crippen LogP contribution in [0.1, 0.15) is 60.6 Å². The molecule has 0 fully saturated rings. The van der Waals surface area contributed by atoms with Crippen LogP contribution in [0.4, 0.5) is 4.39 Å². The second-order valence-corrected chi connectivity index (χ2v) is 6.27. The van der Waals surface area contributed by atoms with Gasteiger partial charge < -0.3 is 9.67 Å². The molecule has 1 aromatic carbocycles. The first-order valence-electron chi connectivity index (χ1n) is 7.46. The molecule has 2 heterocycles. The van der Waals surface area contributed by atoms with Gasteiger partial charge in [-0.05, 0) is 42.9 Å². The molecule has 1 aromatic heterocycles. The van der Waals surface area contributed by atoms with Crippen LogP contribution in [-0.4, -0.2) is 15.6 Å². The number of halogens is 1. The molecule has 1 N–H and O–H groups in total. The molecule has 1 unspecified atom stereocenters. The fourth-order valence-corrected chi connectivity index (χ4v) is 3.45. The van der Waals surface area contributed by atoms with Gasteiger partial charge in [0.2, 0.25) is 5.43 Å². The molecule has 116 valence electrons. The van der Waals surface area contributed by atoms with Gasteiger partial charge in [-0.25, -0.2) is 9.18 Å². The first-order valence-corrected chi connectivity index (χ1v) is 7.46. The van der Waals surface area contributed by atoms with Gasteiger partial charge in [0.25, 0.3) is 0 Å². The monoisotopic (exact) mass is 303 g/mol. The summed E-state index contributed by atoms with van der Waals surface area (Å²) >= 11 is 0. The van der Waals surface area contributed by atoms with Crippen molar-refractivity contribution in [2.24, 2.45) is 0 Å². The van der Waals surface area contributed by atoms with E-state index in [1.807, 2.05) is 25.3 Å². The SMILES string of the molecule is CC(C)c1c(F)cc2c(=O)c(C(=O)O)cn3c2c1CCC3C. The van der Waals surface area contributed by atoms with Crippen molar-refractivity contribution in [2.75, 3.05) is 0 Å². The fourth-order valence-electron chi connectivity index (χ4n) is 3.45. The number of aromatic nitrogens is 1. The molecule has 0 bridgehead atoms. The molecular weight excluding hydrogens is 285 g/mol. The molecule has 0 amide bonds. The van der Waals surface area contributed by atoms with E-state index in [0.717, 1.165) is 12.0 Å². The first-order chi connectivity index (χ1) is 10.3. The number of benzene rings is 1. The minimum absolute atomic E-state index is 0.00973. The lowest BCUT2D eigenvalue weighted by molar-refractivity contribution is 0.0694. The smallest absolute Gasteiger partial charge is 0.341 e. The van der Waals surface area contributed by atoms with Crippen LogP contribution in [0.15, 0.2) is 17.1 Å². The maximum Gasteiger partial charge on any atom is 0.341 e. The predicted molar refractivity (Wildman–Crippen MR) is 82.2 cm³/mol. The molecule has 0 saturated heterocycles.